The van der Waals surface area contributed by atoms with E-state index in [0.29, 0.717) is 31.1 Å². The van der Waals surface area contributed by atoms with Crippen LogP contribution in [-0.2, 0) is 22.2 Å². The number of nitrogens with one attached hydrogen (secondary N) is 2. The molecule has 9 nitrogen and oxygen atoms in total. The van der Waals surface area contributed by atoms with Crippen molar-refractivity contribution in [3.05, 3.63) is 84.5 Å². The van der Waals surface area contributed by atoms with Gasteiger partial charge in [0.05, 0.1) is 5.69 Å². The summed E-state index contributed by atoms with van der Waals surface area (Å²) in [4.78, 5) is 24.9. The molecule has 0 bridgehead atoms. The first-order chi connectivity index (χ1) is 21.8. The number of nitrogens with zero attached hydrogens (tertiary/aromatic N) is 5. The highest BCUT2D eigenvalue weighted by Crippen LogP contribution is 2.40. The molecule has 0 radical (unpaired) electrons. The third-order valence-corrected chi connectivity index (χ3v) is 9.57. The van der Waals surface area contributed by atoms with Gasteiger partial charge in [-0.25, -0.2) is 9.37 Å². The van der Waals surface area contributed by atoms with Crippen molar-refractivity contribution in [1.29, 1.82) is 0 Å². The van der Waals surface area contributed by atoms with Crippen molar-refractivity contribution >= 4 is 48.0 Å². The fourth-order valence-electron chi connectivity index (χ4n) is 5.15. The van der Waals surface area contributed by atoms with Crippen molar-refractivity contribution < 1.29 is 22.7 Å². The Kier molecular flexibility index (Phi) is 9.84. The summed E-state index contributed by atoms with van der Waals surface area (Å²) in [5.41, 5.74) is 0.322. The van der Waals surface area contributed by atoms with Crippen molar-refractivity contribution in [1.82, 2.24) is 19.4 Å². The summed E-state index contributed by atoms with van der Waals surface area (Å²) >= 11 is 0. The van der Waals surface area contributed by atoms with Crippen molar-refractivity contribution in [3.8, 4) is 0 Å². The van der Waals surface area contributed by atoms with Crippen LogP contribution in [0.5, 0.6) is 0 Å². The first-order valence-electron chi connectivity index (χ1n) is 15.2. The summed E-state index contributed by atoms with van der Waals surface area (Å²) in [6.07, 6.45) is 2.70. The fraction of sp³-hybridized carbons (Fsp3) is 0.364. The second kappa shape index (κ2) is 13.7. The molecule has 1 amide bonds. The number of hydrogen-bond acceptors (Lipinski definition) is 7. The number of rotatable bonds is 12. The topological polar surface area (TPSA) is 87.6 Å². The second-order valence-electron chi connectivity index (χ2n) is 12.7. The summed E-state index contributed by atoms with van der Waals surface area (Å²) in [7, 11) is 0.697. The zero-order valence-electron chi connectivity index (χ0n) is 26.6. The number of ether oxygens (including phenoxy) is 1. The van der Waals surface area contributed by atoms with Gasteiger partial charge in [0.25, 0.3) is 0 Å². The summed E-state index contributed by atoms with van der Waals surface area (Å²) < 4.78 is 55.6. The predicted octanol–water partition coefficient (Wildman–Crippen LogP) is 6.64. The van der Waals surface area contributed by atoms with Gasteiger partial charge in [-0.05, 0) is 55.6 Å². The molecule has 5 rings (SSSR count). The van der Waals surface area contributed by atoms with E-state index in [0.717, 1.165) is 25.2 Å². The lowest BCUT2D eigenvalue weighted by atomic mass is 10.0. The minimum absolute atomic E-state index is 0.118. The number of benzene rings is 2. The highest BCUT2D eigenvalue weighted by atomic mass is 28.3. The molecule has 2 aromatic heterocycles. The number of alkyl halides is 2. The molecule has 0 saturated carbocycles. The Hall–Kier alpha value is -4.20. The third-order valence-electron chi connectivity index (χ3n) is 7.87. The van der Waals surface area contributed by atoms with Crippen LogP contribution in [0.1, 0.15) is 11.3 Å². The SMILES string of the molecule is C=CC(=O)Nc1cccc(C(F)(F)c2nc(Nc3ccc(N4CCN(C)CC4)c(F)c3)nc3c2ccn3COCC[Si](C)(C)C)c1. The van der Waals surface area contributed by atoms with E-state index in [1.165, 1.54) is 36.4 Å². The summed E-state index contributed by atoms with van der Waals surface area (Å²) in [6, 6.07) is 12.6. The Labute approximate surface area is 268 Å². The van der Waals surface area contributed by atoms with Crippen LogP contribution < -0.4 is 15.5 Å². The zero-order chi connectivity index (χ0) is 33.1. The first-order valence-corrected chi connectivity index (χ1v) is 18.9. The van der Waals surface area contributed by atoms with Gasteiger partial charge in [-0.1, -0.05) is 38.4 Å². The second-order valence-corrected chi connectivity index (χ2v) is 18.3. The Morgan fingerprint density at radius 1 is 1.07 bits per heavy atom. The molecular formula is C33H40F3N7O2Si. The van der Waals surface area contributed by atoms with Gasteiger partial charge in [-0.15, -0.1) is 0 Å². The molecule has 0 aliphatic carbocycles. The zero-order valence-corrected chi connectivity index (χ0v) is 27.6. The molecule has 0 atom stereocenters. The molecule has 2 aromatic carbocycles. The molecule has 244 valence electrons. The highest BCUT2D eigenvalue weighted by molar-refractivity contribution is 6.76. The average molecular weight is 652 g/mol. The monoisotopic (exact) mass is 651 g/mol. The molecule has 1 aliphatic rings. The number of likely N-dealkylation sites (N-methyl/N-ethyl adjacent to an activating group) is 1. The van der Waals surface area contributed by atoms with Gasteiger partial charge in [0, 0.05) is 69.4 Å². The van der Waals surface area contributed by atoms with E-state index in [-0.39, 0.29) is 35.0 Å². The van der Waals surface area contributed by atoms with E-state index in [9.17, 15) is 4.79 Å². The van der Waals surface area contributed by atoms with E-state index in [2.05, 4.69) is 51.7 Å². The van der Waals surface area contributed by atoms with Crippen LogP contribution in [0.15, 0.2) is 67.4 Å². The van der Waals surface area contributed by atoms with Gasteiger partial charge in [-0.3, -0.25) is 4.79 Å². The van der Waals surface area contributed by atoms with Gasteiger partial charge in [0.2, 0.25) is 11.9 Å². The predicted molar refractivity (Wildman–Crippen MR) is 179 cm³/mol. The van der Waals surface area contributed by atoms with Gasteiger partial charge >= 0.3 is 5.92 Å². The Balaban J connectivity index is 1.50. The molecule has 1 fully saturated rings. The minimum atomic E-state index is -3.59. The molecule has 46 heavy (non-hydrogen) atoms. The van der Waals surface area contributed by atoms with Crippen molar-refractivity contribution in [3.63, 3.8) is 0 Å². The lowest BCUT2D eigenvalue weighted by molar-refractivity contribution is -0.111. The van der Waals surface area contributed by atoms with Crippen LogP contribution in [-0.4, -0.2) is 73.2 Å². The van der Waals surface area contributed by atoms with Crippen LogP contribution in [0.4, 0.5) is 36.2 Å². The van der Waals surface area contributed by atoms with Crippen LogP contribution >= 0.6 is 0 Å². The molecule has 2 N–H and O–H groups in total. The van der Waals surface area contributed by atoms with Gasteiger partial charge in [0.1, 0.15) is 23.9 Å². The Bertz CT molecular complexity index is 1720. The lowest BCUT2D eigenvalue weighted by Gasteiger charge is -2.34. The minimum Gasteiger partial charge on any atom is -0.367 e. The Morgan fingerprint density at radius 2 is 1.83 bits per heavy atom. The van der Waals surface area contributed by atoms with Crippen LogP contribution in [0, 0.1) is 5.82 Å². The average Bonchev–Trinajstić information content (AvgIpc) is 3.41. The molecule has 0 spiro atoms. The quantitative estimate of drug-likeness (QED) is 0.101. The van der Waals surface area contributed by atoms with Crippen LogP contribution in [0.2, 0.25) is 25.7 Å². The van der Waals surface area contributed by atoms with E-state index < -0.39 is 31.4 Å². The van der Waals surface area contributed by atoms with E-state index in [1.54, 1.807) is 22.9 Å². The maximum atomic E-state index is 16.4. The largest absolute Gasteiger partial charge is 0.367 e. The van der Waals surface area contributed by atoms with Gasteiger partial charge in [0.15, 0.2) is 0 Å². The normalized spacial score (nSPS) is 14.5. The number of hydrogen-bond donors (Lipinski definition) is 2. The maximum Gasteiger partial charge on any atom is 0.315 e. The number of carbonyl (C=O) groups excluding carboxylic acids is 1. The number of carbonyl (C=O) groups is 1. The molecule has 13 heteroatoms. The fourth-order valence-corrected chi connectivity index (χ4v) is 5.90. The highest BCUT2D eigenvalue weighted by Gasteiger charge is 2.39. The van der Waals surface area contributed by atoms with Gasteiger partial charge in [-0.2, -0.15) is 13.8 Å². The summed E-state index contributed by atoms with van der Waals surface area (Å²) in [5.74, 6) is -4.66. The molecule has 3 heterocycles. The van der Waals surface area contributed by atoms with E-state index in [4.69, 9.17) is 4.74 Å². The number of piperazine rings is 1. The van der Waals surface area contributed by atoms with E-state index in [1.807, 2.05) is 11.9 Å². The third kappa shape index (κ3) is 7.77. The molecule has 1 aliphatic heterocycles. The lowest BCUT2D eigenvalue weighted by Crippen LogP contribution is -2.44. The van der Waals surface area contributed by atoms with E-state index >= 15 is 13.2 Å². The van der Waals surface area contributed by atoms with Crippen molar-refractivity contribution in [2.24, 2.45) is 0 Å². The van der Waals surface area contributed by atoms with Crippen LogP contribution in [0.3, 0.4) is 0 Å². The summed E-state index contributed by atoms with van der Waals surface area (Å²) in [5, 5.41) is 5.61. The Morgan fingerprint density at radius 3 is 2.52 bits per heavy atom. The molecular weight excluding hydrogens is 611 g/mol. The number of amides is 1. The summed E-state index contributed by atoms with van der Waals surface area (Å²) in [6.45, 7) is 13.9. The smallest absolute Gasteiger partial charge is 0.315 e. The van der Waals surface area contributed by atoms with Crippen LogP contribution in [0.25, 0.3) is 11.0 Å². The van der Waals surface area contributed by atoms with Crippen molar-refractivity contribution in [2.75, 3.05) is 55.4 Å². The van der Waals surface area contributed by atoms with Crippen molar-refractivity contribution in [2.45, 2.75) is 38.3 Å². The first kappa shape index (κ1) is 33.2. The molecule has 4 aromatic rings. The standard InChI is InChI=1S/C33H40F3N7O2Si/c1-6-29(44)37-24-9-7-8-23(20-24)33(35,36)30-26-12-13-43(22-45-18-19-46(3,4)5)31(26)40-32(39-30)38-25-10-11-28(27(34)21-25)42-16-14-41(2)15-17-42/h6-13,20-21H,1,14-19,22H2,2-5H3,(H,37,44)(H,38,39,40). The number of anilines is 4. The molecule has 0 unspecified atom stereocenters. The number of fused-ring (bicyclic) bond motifs is 1. The molecule has 1 saturated heterocycles. The number of halogens is 3. The number of aromatic nitrogens is 3. The maximum absolute atomic E-state index is 16.4. The van der Waals surface area contributed by atoms with Gasteiger partial charge < -0.3 is 29.7 Å².